The minimum Gasteiger partial charge on any atom is -0.493 e. The zero-order valence-corrected chi connectivity index (χ0v) is 12.8. The van der Waals surface area contributed by atoms with Crippen LogP contribution in [0.25, 0.3) is 11.0 Å². The van der Waals surface area contributed by atoms with Crippen molar-refractivity contribution in [2.45, 2.75) is 39.5 Å². The first kappa shape index (κ1) is 15.4. The molecule has 0 N–H and O–H groups in total. The molecule has 3 nitrogen and oxygen atoms in total. The van der Waals surface area contributed by atoms with Gasteiger partial charge in [0.15, 0.2) is 0 Å². The third kappa shape index (κ3) is 3.97. The molecule has 112 valence electrons. The third-order valence-electron chi connectivity index (χ3n) is 3.41. The zero-order chi connectivity index (χ0) is 15.2. The number of hydrogen-bond acceptors (Lipinski definition) is 3. The molecule has 0 fully saturated rings. The Morgan fingerprint density at radius 1 is 1.29 bits per heavy atom. The van der Waals surface area contributed by atoms with Crippen LogP contribution in [0.5, 0.6) is 5.75 Å². The van der Waals surface area contributed by atoms with Gasteiger partial charge in [0.25, 0.3) is 0 Å². The third-order valence-corrected chi connectivity index (χ3v) is 3.41. The fourth-order valence-corrected chi connectivity index (χ4v) is 2.21. The summed E-state index contributed by atoms with van der Waals surface area (Å²) in [5.41, 5.74) is 2.37. The van der Waals surface area contributed by atoms with Crippen LogP contribution in [0.2, 0.25) is 0 Å². The number of aryl methyl sites for hydroxylation is 1. The summed E-state index contributed by atoms with van der Waals surface area (Å²) in [5, 5.41) is 0.925. The smallest absolute Gasteiger partial charge is 0.336 e. The molecule has 1 heterocycles. The summed E-state index contributed by atoms with van der Waals surface area (Å²) in [7, 11) is 0. The van der Waals surface area contributed by atoms with Crippen molar-refractivity contribution in [2.75, 3.05) is 6.61 Å². The maximum absolute atomic E-state index is 11.5. The van der Waals surface area contributed by atoms with Crippen LogP contribution in [0.3, 0.4) is 0 Å². The minimum atomic E-state index is -0.329. The van der Waals surface area contributed by atoms with E-state index in [2.05, 4.69) is 13.5 Å². The number of allylic oxidation sites excluding steroid dienone is 1. The van der Waals surface area contributed by atoms with E-state index in [0.717, 1.165) is 48.0 Å². The number of hydrogen-bond donors (Lipinski definition) is 0. The van der Waals surface area contributed by atoms with E-state index in [-0.39, 0.29) is 5.63 Å². The van der Waals surface area contributed by atoms with Crippen molar-refractivity contribution in [1.29, 1.82) is 0 Å². The van der Waals surface area contributed by atoms with Crippen LogP contribution in [0.15, 0.2) is 45.6 Å². The average molecular weight is 286 g/mol. The molecule has 0 spiro atoms. The molecule has 3 heteroatoms. The van der Waals surface area contributed by atoms with Gasteiger partial charge >= 0.3 is 5.63 Å². The zero-order valence-electron chi connectivity index (χ0n) is 12.8. The predicted octanol–water partition coefficient (Wildman–Crippen LogP) is 4.48. The van der Waals surface area contributed by atoms with E-state index in [4.69, 9.17) is 9.15 Å². The predicted molar refractivity (Wildman–Crippen MR) is 86.0 cm³/mol. The fourth-order valence-electron chi connectivity index (χ4n) is 2.21. The van der Waals surface area contributed by atoms with E-state index in [0.29, 0.717) is 12.2 Å². The highest BCUT2D eigenvalue weighted by Gasteiger charge is 2.12. The van der Waals surface area contributed by atoms with Gasteiger partial charge in [-0.25, -0.2) is 4.79 Å². The second-order valence-corrected chi connectivity index (χ2v) is 5.37. The number of rotatable bonds is 7. The van der Waals surface area contributed by atoms with E-state index in [1.54, 1.807) is 6.07 Å². The summed E-state index contributed by atoms with van der Waals surface area (Å²) in [5.74, 6) is 0.812. The maximum atomic E-state index is 11.5. The van der Waals surface area contributed by atoms with Gasteiger partial charge in [0.05, 0.1) is 6.61 Å². The normalized spacial score (nSPS) is 10.8. The first-order valence-electron chi connectivity index (χ1n) is 7.44. The summed E-state index contributed by atoms with van der Waals surface area (Å²) in [6.45, 7) is 8.75. The maximum Gasteiger partial charge on any atom is 0.336 e. The minimum absolute atomic E-state index is 0.329. The molecule has 2 aromatic rings. The number of fused-ring (bicyclic) bond motifs is 1. The van der Waals surface area contributed by atoms with Gasteiger partial charge in [0.1, 0.15) is 11.3 Å². The van der Waals surface area contributed by atoms with Gasteiger partial charge in [-0.2, -0.15) is 0 Å². The molecule has 1 aromatic carbocycles. The SMILES string of the molecule is C=C(C)CCc1c(OCCCC)ccc2ccc(=O)oc12. The lowest BCUT2D eigenvalue weighted by molar-refractivity contribution is 0.306. The Labute approximate surface area is 125 Å². The van der Waals surface area contributed by atoms with Gasteiger partial charge in [0.2, 0.25) is 0 Å². The molecule has 0 aliphatic carbocycles. The van der Waals surface area contributed by atoms with Crippen molar-refractivity contribution in [2.24, 2.45) is 0 Å². The first-order chi connectivity index (χ1) is 10.1. The molecule has 2 rings (SSSR count). The van der Waals surface area contributed by atoms with Crippen molar-refractivity contribution in [3.05, 3.63) is 52.4 Å². The second-order valence-electron chi connectivity index (χ2n) is 5.37. The van der Waals surface area contributed by atoms with E-state index in [9.17, 15) is 4.79 Å². The van der Waals surface area contributed by atoms with E-state index < -0.39 is 0 Å². The van der Waals surface area contributed by atoms with Crippen LogP contribution < -0.4 is 10.4 Å². The molecular formula is C18H22O3. The Bertz CT molecular complexity index is 682. The molecule has 0 aliphatic rings. The number of benzene rings is 1. The standard InChI is InChI=1S/C18H22O3/c1-4-5-12-20-16-10-7-14-8-11-17(19)21-18(14)15(16)9-6-13(2)3/h7-8,10-11H,2,4-6,9,12H2,1,3H3. The Balaban J connectivity index is 2.42. The van der Waals surface area contributed by atoms with Gasteiger partial charge < -0.3 is 9.15 Å². The monoisotopic (exact) mass is 286 g/mol. The highest BCUT2D eigenvalue weighted by Crippen LogP contribution is 2.29. The topological polar surface area (TPSA) is 39.4 Å². The van der Waals surface area contributed by atoms with E-state index >= 15 is 0 Å². The van der Waals surface area contributed by atoms with Crippen LogP contribution in [0.4, 0.5) is 0 Å². The lowest BCUT2D eigenvalue weighted by Crippen LogP contribution is -2.03. The number of ether oxygens (including phenoxy) is 1. The van der Waals surface area contributed by atoms with Crippen LogP contribution in [-0.4, -0.2) is 6.61 Å². The molecule has 0 radical (unpaired) electrons. The van der Waals surface area contributed by atoms with Crippen LogP contribution in [-0.2, 0) is 6.42 Å². The Hall–Kier alpha value is -2.03. The molecule has 0 atom stereocenters. The molecule has 0 saturated carbocycles. The second kappa shape index (κ2) is 7.11. The largest absolute Gasteiger partial charge is 0.493 e. The van der Waals surface area contributed by atoms with Crippen molar-refractivity contribution in [1.82, 2.24) is 0 Å². The molecule has 0 amide bonds. The first-order valence-corrected chi connectivity index (χ1v) is 7.44. The molecular weight excluding hydrogens is 264 g/mol. The summed E-state index contributed by atoms with van der Waals surface area (Å²) in [6.07, 6.45) is 3.71. The fraction of sp³-hybridized carbons (Fsp3) is 0.389. The average Bonchev–Trinajstić information content (AvgIpc) is 2.45. The molecule has 0 saturated heterocycles. The summed E-state index contributed by atoms with van der Waals surface area (Å²) in [6, 6.07) is 7.14. The lowest BCUT2D eigenvalue weighted by atomic mass is 10.0. The molecule has 0 bridgehead atoms. The van der Waals surface area contributed by atoms with Gasteiger partial charge in [0, 0.05) is 17.0 Å². The van der Waals surface area contributed by atoms with Crippen LogP contribution >= 0.6 is 0 Å². The molecule has 0 aliphatic heterocycles. The molecule has 0 unspecified atom stereocenters. The Morgan fingerprint density at radius 2 is 2.05 bits per heavy atom. The summed E-state index contributed by atoms with van der Waals surface area (Å²) in [4.78, 5) is 11.5. The van der Waals surface area contributed by atoms with Crippen molar-refractivity contribution < 1.29 is 9.15 Å². The van der Waals surface area contributed by atoms with Gasteiger partial charge in [-0.1, -0.05) is 18.9 Å². The van der Waals surface area contributed by atoms with Gasteiger partial charge in [-0.05, 0) is 44.4 Å². The summed E-state index contributed by atoms with van der Waals surface area (Å²) < 4.78 is 11.3. The van der Waals surface area contributed by atoms with Crippen LogP contribution in [0.1, 0.15) is 38.7 Å². The lowest BCUT2D eigenvalue weighted by Gasteiger charge is -2.13. The quantitative estimate of drug-likeness (QED) is 0.428. The highest BCUT2D eigenvalue weighted by molar-refractivity contribution is 5.82. The van der Waals surface area contributed by atoms with Crippen molar-refractivity contribution in [3.63, 3.8) is 0 Å². The molecule has 1 aromatic heterocycles. The number of unbranched alkanes of at least 4 members (excludes halogenated alkanes) is 1. The van der Waals surface area contributed by atoms with Gasteiger partial charge in [-0.3, -0.25) is 0 Å². The Kier molecular flexibility index (Phi) is 5.20. The summed E-state index contributed by atoms with van der Waals surface area (Å²) >= 11 is 0. The van der Waals surface area contributed by atoms with Crippen molar-refractivity contribution >= 4 is 11.0 Å². The molecule has 21 heavy (non-hydrogen) atoms. The van der Waals surface area contributed by atoms with E-state index in [1.807, 2.05) is 19.1 Å². The van der Waals surface area contributed by atoms with E-state index in [1.165, 1.54) is 6.07 Å². The highest BCUT2D eigenvalue weighted by atomic mass is 16.5. The Morgan fingerprint density at radius 3 is 2.76 bits per heavy atom. The van der Waals surface area contributed by atoms with Crippen molar-refractivity contribution in [3.8, 4) is 5.75 Å². The van der Waals surface area contributed by atoms with Gasteiger partial charge in [-0.15, -0.1) is 6.58 Å². The van der Waals surface area contributed by atoms with Crippen LogP contribution in [0, 0.1) is 0 Å².